The van der Waals surface area contributed by atoms with Crippen molar-refractivity contribution < 1.29 is 19.8 Å². The van der Waals surface area contributed by atoms with Gasteiger partial charge in [0.25, 0.3) is 0 Å². The van der Waals surface area contributed by atoms with E-state index in [9.17, 15) is 19.8 Å². The maximum absolute atomic E-state index is 12.0. The zero-order chi connectivity index (χ0) is 15.6. The molecule has 114 valence electrons. The number of hydrogen-bond donors (Lipinski definition) is 2. The van der Waals surface area contributed by atoms with Crippen molar-refractivity contribution in [1.82, 2.24) is 0 Å². The third-order valence-corrected chi connectivity index (χ3v) is 4.35. The number of allylic oxidation sites excluding steroid dienone is 2. The smallest absolute Gasteiger partial charge is 0.311 e. The summed E-state index contributed by atoms with van der Waals surface area (Å²) in [7, 11) is 0. The Hall–Kier alpha value is -1.32. The lowest BCUT2D eigenvalue weighted by Gasteiger charge is -2.48. The number of rotatable bonds is 6. The predicted octanol–water partition coefficient (Wildman–Crippen LogP) is 3.57. The summed E-state index contributed by atoms with van der Waals surface area (Å²) in [5, 5.41) is 19.7. The molecule has 4 heteroatoms. The number of aliphatic carboxylic acids is 2. The molecule has 20 heavy (non-hydrogen) atoms. The summed E-state index contributed by atoms with van der Waals surface area (Å²) in [5.74, 6) is -1.66. The van der Waals surface area contributed by atoms with Gasteiger partial charge >= 0.3 is 11.9 Å². The lowest BCUT2D eigenvalue weighted by atomic mass is 9.52. The minimum Gasteiger partial charge on any atom is -0.481 e. The molecule has 0 bridgehead atoms. The van der Waals surface area contributed by atoms with E-state index < -0.39 is 22.8 Å². The molecule has 0 fully saturated rings. The number of carboxylic acids is 2. The Morgan fingerprint density at radius 3 is 1.40 bits per heavy atom. The van der Waals surface area contributed by atoms with E-state index in [4.69, 9.17) is 0 Å². The van der Waals surface area contributed by atoms with Crippen LogP contribution in [0.5, 0.6) is 0 Å². The molecule has 0 radical (unpaired) electrons. The first-order valence-electron chi connectivity index (χ1n) is 7.30. The van der Waals surface area contributed by atoms with Gasteiger partial charge in [-0.25, -0.2) is 0 Å². The van der Waals surface area contributed by atoms with Crippen LogP contribution in [0.2, 0.25) is 0 Å². The fraction of sp³-hybridized carbons (Fsp3) is 0.750. The van der Waals surface area contributed by atoms with Crippen molar-refractivity contribution in [3.8, 4) is 0 Å². The average Bonchev–Trinajstić information content (AvgIpc) is 2.29. The lowest BCUT2D eigenvalue weighted by molar-refractivity contribution is -0.179. The fourth-order valence-corrected chi connectivity index (χ4v) is 3.67. The second kappa shape index (κ2) is 5.98. The lowest BCUT2D eigenvalue weighted by Crippen LogP contribution is -2.54. The van der Waals surface area contributed by atoms with Crippen LogP contribution >= 0.6 is 0 Å². The summed E-state index contributed by atoms with van der Waals surface area (Å²) in [4.78, 5) is 24.0. The molecule has 0 saturated carbocycles. The van der Waals surface area contributed by atoms with Gasteiger partial charge in [0.2, 0.25) is 0 Å². The van der Waals surface area contributed by atoms with Gasteiger partial charge in [0.15, 0.2) is 0 Å². The Morgan fingerprint density at radius 2 is 1.20 bits per heavy atom. The van der Waals surface area contributed by atoms with E-state index in [-0.39, 0.29) is 11.8 Å². The van der Waals surface area contributed by atoms with Crippen molar-refractivity contribution in [3.63, 3.8) is 0 Å². The normalized spacial score (nSPS) is 29.9. The van der Waals surface area contributed by atoms with Crippen LogP contribution in [0.25, 0.3) is 0 Å². The highest BCUT2D eigenvalue weighted by Gasteiger charge is 2.61. The highest BCUT2D eigenvalue weighted by molar-refractivity contribution is 5.87. The van der Waals surface area contributed by atoms with E-state index in [1.165, 1.54) is 0 Å². The first-order chi connectivity index (χ1) is 9.18. The fourth-order valence-electron chi connectivity index (χ4n) is 3.67. The zero-order valence-electron chi connectivity index (χ0n) is 12.8. The molecule has 1 rings (SSSR count). The molecule has 0 aromatic carbocycles. The minimum atomic E-state index is -1.20. The van der Waals surface area contributed by atoms with Gasteiger partial charge in [-0.2, -0.15) is 0 Å². The molecule has 0 saturated heterocycles. The second-order valence-electron chi connectivity index (χ2n) is 6.85. The van der Waals surface area contributed by atoms with E-state index in [1.54, 1.807) is 0 Å². The molecular formula is C16H26O4. The van der Waals surface area contributed by atoms with Crippen LogP contribution in [-0.4, -0.2) is 22.2 Å². The summed E-state index contributed by atoms with van der Waals surface area (Å²) in [6.45, 7) is 7.80. The van der Waals surface area contributed by atoms with E-state index in [2.05, 4.69) is 0 Å². The quantitative estimate of drug-likeness (QED) is 0.730. The molecule has 0 aromatic rings. The highest BCUT2D eigenvalue weighted by Crippen LogP contribution is 2.55. The zero-order valence-corrected chi connectivity index (χ0v) is 12.8. The summed E-state index contributed by atoms with van der Waals surface area (Å²) in [6.07, 6.45) is 5.06. The van der Waals surface area contributed by atoms with Crippen molar-refractivity contribution in [2.24, 2.45) is 22.7 Å². The largest absolute Gasteiger partial charge is 0.481 e. The predicted molar refractivity (Wildman–Crippen MR) is 77.4 cm³/mol. The molecule has 2 unspecified atom stereocenters. The van der Waals surface area contributed by atoms with Crippen LogP contribution in [-0.2, 0) is 9.59 Å². The van der Waals surface area contributed by atoms with Crippen molar-refractivity contribution in [3.05, 3.63) is 12.2 Å². The van der Waals surface area contributed by atoms with E-state index >= 15 is 0 Å². The van der Waals surface area contributed by atoms with E-state index in [0.29, 0.717) is 25.7 Å². The summed E-state index contributed by atoms with van der Waals surface area (Å²) < 4.78 is 0. The Kier molecular flexibility index (Phi) is 5.00. The second-order valence-corrected chi connectivity index (χ2v) is 6.85. The van der Waals surface area contributed by atoms with Crippen LogP contribution in [0.1, 0.15) is 53.4 Å². The Bertz CT molecular complexity index is 373. The molecule has 2 atom stereocenters. The molecule has 1 aliphatic carbocycles. The van der Waals surface area contributed by atoms with Crippen LogP contribution < -0.4 is 0 Å². The van der Waals surface area contributed by atoms with Crippen molar-refractivity contribution in [2.75, 3.05) is 0 Å². The Balaban J connectivity index is 3.43. The third-order valence-electron chi connectivity index (χ3n) is 4.35. The van der Waals surface area contributed by atoms with Crippen LogP contribution in [0.4, 0.5) is 0 Å². The van der Waals surface area contributed by atoms with Crippen LogP contribution in [0, 0.1) is 22.7 Å². The summed E-state index contributed by atoms with van der Waals surface area (Å²) >= 11 is 0. The first-order valence-corrected chi connectivity index (χ1v) is 7.30. The number of carbonyl (C=O) groups is 2. The van der Waals surface area contributed by atoms with Crippen molar-refractivity contribution in [2.45, 2.75) is 53.4 Å². The highest BCUT2D eigenvalue weighted by atomic mass is 16.4. The molecule has 0 heterocycles. The number of carboxylic acid groups (broad SMARTS) is 2. The Labute approximate surface area is 120 Å². The Morgan fingerprint density at radius 1 is 0.900 bits per heavy atom. The van der Waals surface area contributed by atoms with Gasteiger partial charge in [0.1, 0.15) is 0 Å². The molecule has 0 amide bonds. The van der Waals surface area contributed by atoms with Gasteiger partial charge in [0, 0.05) is 0 Å². The maximum Gasteiger partial charge on any atom is 0.311 e. The third kappa shape index (κ3) is 2.74. The van der Waals surface area contributed by atoms with Gasteiger partial charge < -0.3 is 10.2 Å². The van der Waals surface area contributed by atoms with Gasteiger partial charge in [0.05, 0.1) is 10.8 Å². The molecule has 0 aliphatic heterocycles. The SMILES string of the molecule is CC(C)CC1(C(=O)O)CC=CCC1(CC(C)C)C(=O)O. The molecule has 0 aromatic heterocycles. The van der Waals surface area contributed by atoms with Gasteiger partial charge in [-0.15, -0.1) is 0 Å². The van der Waals surface area contributed by atoms with Gasteiger partial charge in [-0.3, -0.25) is 9.59 Å². The topological polar surface area (TPSA) is 74.6 Å². The monoisotopic (exact) mass is 282 g/mol. The molecule has 1 aliphatic rings. The molecule has 2 N–H and O–H groups in total. The molecule has 0 spiro atoms. The average molecular weight is 282 g/mol. The summed E-state index contributed by atoms with van der Waals surface area (Å²) in [6, 6.07) is 0. The van der Waals surface area contributed by atoms with Crippen LogP contribution in [0.3, 0.4) is 0 Å². The van der Waals surface area contributed by atoms with Gasteiger partial charge in [-0.05, 0) is 37.5 Å². The van der Waals surface area contributed by atoms with E-state index in [0.717, 1.165) is 0 Å². The van der Waals surface area contributed by atoms with Crippen molar-refractivity contribution >= 4 is 11.9 Å². The van der Waals surface area contributed by atoms with Crippen LogP contribution in [0.15, 0.2) is 12.2 Å². The summed E-state index contributed by atoms with van der Waals surface area (Å²) in [5.41, 5.74) is -2.40. The standard InChI is InChI=1S/C16H26O4/c1-11(2)9-15(13(17)18)7-5-6-8-16(15,14(19)20)10-12(3)4/h5-6,11-12H,7-10H2,1-4H3,(H,17,18)(H,19,20). The number of hydrogen-bond acceptors (Lipinski definition) is 2. The maximum atomic E-state index is 12.0. The molecule has 4 nitrogen and oxygen atoms in total. The molecular weight excluding hydrogens is 256 g/mol. The van der Waals surface area contributed by atoms with E-state index in [1.807, 2.05) is 39.8 Å². The van der Waals surface area contributed by atoms with Gasteiger partial charge in [-0.1, -0.05) is 39.8 Å². The minimum absolute atomic E-state index is 0.142. The first kappa shape index (κ1) is 16.7. The van der Waals surface area contributed by atoms with Crippen molar-refractivity contribution in [1.29, 1.82) is 0 Å².